The van der Waals surface area contributed by atoms with Crippen LogP contribution in [0.2, 0.25) is 0 Å². The van der Waals surface area contributed by atoms with Crippen LogP contribution in [0.3, 0.4) is 0 Å². The van der Waals surface area contributed by atoms with Gasteiger partial charge in [-0.2, -0.15) is 0 Å². The highest BCUT2D eigenvalue weighted by Crippen LogP contribution is 2.33. The van der Waals surface area contributed by atoms with Crippen LogP contribution in [0, 0.1) is 5.92 Å². The first kappa shape index (κ1) is 13.1. The van der Waals surface area contributed by atoms with E-state index < -0.39 is 0 Å². The van der Waals surface area contributed by atoms with Crippen molar-refractivity contribution in [2.75, 3.05) is 0 Å². The van der Waals surface area contributed by atoms with E-state index in [1.54, 1.807) is 0 Å². The summed E-state index contributed by atoms with van der Waals surface area (Å²) in [6, 6.07) is 5.85. The Bertz CT molecular complexity index is 409. The molecular weight excluding hydrogens is 346 g/mol. The second-order valence-corrected chi connectivity index (χ2v) is 6.54. The van der Waals surface area contributed by atoms with Crippen molar-refractivity contribution in [1.82, 2.24) is 5.32 Å². The van der Waals surface area contributed by atoms with E-state index in [2.05, 4.69) is 44.1 Å². The normalized spacial score (nSPS) is 16.6. The van der Waals surface area contributed by atoms with Gasteiger partial charge in [0.15, 0.2) is 0 Å². The van der Waals surface area contributed by atoms with Gasteiger partial charge in [0, 0.05) is 20.6 Å². The fraction of sp³-hybridized carbons (Fsp3) is 0.462. The fourth-order valence-electron chi connectivity index (χ4n) is 1.90. The minimum atomic E-state index is 0.000139. The third-order valence-electron chi connectivity index (χ3n) is 2.89. The van der Waals surface area contributed by atoms with Crippen molar-refractivity contribution in [3.05, 3.63) is 32.7 Å². The number of amides is 1. The largest absolute Gasteiger partial charge is 0.350 e. The minimum Gasteiger partial charge on any atom is -0.350 e. The number of benzene rings is 1. The Hall–Kier alpha value is -0.350. The van der Waals surface area contributed by atoms with Crippen LogP contribution in [-0.4, -0.2) is 11.9 Å². The van der Waals surface area contributed by atoms with Crippen LogP contribution in [0.5, 0.6) is 0 Å². The first-order valence-electron chi connectivity index (χ1n) is 5.81. The van der Waals surface area contributed by atoms with Crippen LogP contribution in [0.25, 0.3) is 0 Å². The summed E-state index contributed by atoms with van der Waals surface area (Å²) in [6.45, 7) is 2.07. The van der Waals surface area contributed by atoms with Gasteiger partial charge in [-0.1, -0.05) is 44.7 Å². The quantitative estimate of drug-likeness (QED) is 0.859. The van der Waals surface area contributed by atoms with Gasteiger partial charge in [0.25, 0.3) is 5.91 Å². The Morgan fingerprint density at radius 1 is 1.35 bits per heavy atom. The highest BCUT2D eigenvalue weighted by atomic mass is 79.9. The molecule has 92 valence electrons. The van der Waals surface area contributed by atoms with E-state index in [1.807, 2.05) is 18.2 Å². The smallest absolute Gasteiger partial charge is 0.251 e. The summed E-state index contributed by atoms with van der Waals surface area (Å²) in [7, 11) is 0. The lowest BCUT2D eigenvalue weighted by molar-refractivity contribution is 0.0937. The van der Waals surface area contributed by atoms with Crippen molar-refractivity contribution in [3.8, 4) is 0 Å². The number of nitrogens with one attached hydrogen (secondary N) is 1. The standard InChI is InChI=1S/C13H15Br2NO/c1-8(4-9-2-3-9)16-13(17)10-5-11(14)7-12(15)6-10/h5-9H,2-4H2,1H3,(H,16,17). The lowest BCUT2D eigenvalue weighted by atomic mass is 10.1. The molecule has 1 aromatic rings. The third kappa shape index (κ3) is 4.11. The Morgan fingerprint density at radius 3 is 2.47 bits per heavy atom. The van der Waals surface area contributed by atoms with Gasteiger partial charge in [-0.25, -0.2) is 0 Å². The van der Waals surface area contributed by atoms with Crippen LogP contribution in [0.1, 0.15) is 36.5 Å². The van der Waals surface area contributed by atoms with Crippen molar-refractivity contribution in [2.24, 2.45) is 5.92 Å². The number of halogens is 2. The summed E-state index contributed by atoms with van der Waals surface area (Å²) in [5.41, 5.74) is 0.689. The maximum absolute atomic E-state index is 12.0. The third-order valence-corrected chi connectivity index (χ3v) is 3.80. The van der Waals surface area contributed by atoms with Gasteiger partial charge in [0.05, 0.1) is 0 Å². The Kier molecular flexibility index (Phi) is 4.26. The number of carbonyl (C=O) groups excluding carboxylic acids is 1. The number of carbonyl (C=O) groups is 1. The molecule has 1 atom stereocenters. The van der Waals surface area contributed by atoms with E-state index in [-0.39, 0.29) is 11.9 Å². The molecule has 1 aliphatic rings. The molecule has 1 unspecified atom stereocenters. The highest BCUT2D eigenvalue weighted by Gasteiger charge is 2.24. The summed E-state index contributed by atoms with van der Waals surface area (Å²) in [5, 5.41) is 3.04. The molecule has 1 N–H and O–H groups in total. The molecule has 1 aromatic carbocycles. The summed E-state index contributed by atoms with van der Waals surface area (Å²) >= 11 is 6.78. The molecule has 1 aliphatic carbocycles. The van der Waals surface area contributed by atoms with Crippen molar-refractivity contribution >= 4 is 37.8 Å². The molecule has 1 saturated carbocycles. The second-order valence-electron chi connectivity index (χ2n) is 4.71. The minimum absolute atomic E-state index is 0.000139. The molecule has 0 aromatic heterocycles. The van der Waals surface area contributed by atoms with Gasteiger partial charge in [-0.15, -0.1) is 0 Å². The van der Waals surface area contributed by atoms with E-state index in [9.17, 15) is 4.79 Å². The molecule has 2 rings (SSSR count). The average Bonchev–Trinajstić information content (AvgIpc) is 2.99. The van der Waals surface area contributed by atoms with Crippen LogP contribution >= 0.6 is 31.9 Å². The molecule has 0 saturated heterocycles. The zero-order valence-electron chi connectivity index (χ0n) is 9.67. The fourth-order valence-corrected chi connectivity index (χ4v) is 3.20. The molecule has 0 spiro atoms. The van der Waals surface area contributed by atoms with Gasteiger partial charge in [0.2, 0.25) is 0 Å². The van der Waals surface area contributed by atoms with Gasteiger partial charge < -0.3 is 5.32 Å². The van der Waals surface area contributed by atoms with E-state index >= 15 is 0 Å². The van der Waals surface area contributed by atoms with Crippen molar-refractivity contribution < 1.29 is 4.79 Å². The molecule has 4 heteroatoms. The summed E-state index contributed by atoms with van der Waals surface area (Å²) < 4.78 is 1.82. The second kappa shape index (κ2) is 5.53. The zero-order chi connectivity index (χ0) is 12.4. The van der Waals surface area contributed by atoms with Gasteiger partial charge >= 0.3 is 0 Å². The Balaban J connectivity index is 1.97. The molecule has 0 heterocycles. The van der Waals surface area contributed by atoms with Crippen LogP contribution < -0.4 is 5.32 Å². The van der Waals surface area contributed by atoms with Crippen LogP contribution in [-0.2, 0) is 0 Å². The summed E-state index contributed by atoms with van der Waals surface area (Å²) in [4.78, 5) is 12.0. The monoisotopic (exact) mass is 359 g/mol. The van der Waals surface area contributed by atoms with Gasteiger partial charge in [-0.3, -0.25) is 4.79 Å². The maximum Gasteiger partial charge on any atom is 0.251 e. The maximum atomic E-state index is 12.0. The number of rotatable bonds is 4. The lowest BCUT2D eigenvalue weighted by Gasteiger charge is -2.13. The molecule has 0 bridgehead atoms. The van der Waals surface area contributed by atoms with Gasteiger partial charge in [0.1, 0.15) is 0 Å². The topological polar surface area (TPSA) is 29.1 Å². The van der Waals surface area contributed by atoms with Crippen LogP contribution in [0.15, 0.2) is 27.1 Å². The van der Waals surface area contributed by atoms with E-state index in [0.717, 1.165) is 21.3 Å². The van der Waals surface area contributed by atoms with Crippen molar-refractivity contribution in [1.29, 1.82) is 0 Å². The van der Waals surface area contributed by atoms with E-state index in [0.29, 0.717) is 5.56 Å². The lowest BCUT2D eigenvalue weighted by Crippen LogP contribution is -2.32. The predicted octanol–water partition coefficient (Wildman–Crippen LogP) is 4.13. The number of hydrogen-bond donors (Lipinski definition) is 1. The summed E-state index contributed by atoms with van der Waals surface area (Å²) in [6.07, 6.45) is 3.74. The first-order chi connectivity index (χ1) is 8.04. The zero-order valence-corrected chi connectivity index (χ0v) is 12.8. The molecule has 1 amide bonds. The average molecular weight is 361 g/mol. The van der Waals surface area contributed by atoms with Gasteiger partial charge in [-0.05, 0) is 37.5 Å². The molecule has 0 radical (unpaired) electrons. The molecular formula is C13H15Br2NO. The number of hydrogen-bond acceptors (Lipinski definition) is 1. The molecule has 0 aliphatic heterocycles. The highest BCUT2D eigenvalue weighted by molar-refractivity contribution is 9.11. The molecule has 1 fully saturated rings. The van der Waals surface area contributed by atoms with E-state index in [4.69, 9.17) is 0 Å². The van der Waals surface area contributed by atoms with Crippen molar-refractivity contribution in [3.63, 3.8) is 0 Å². The Labute approximate surface area is 118 Å². The predicted molar refractivity (Wildman–Crippen MR) is 76.1 cm³/mol. The molecule has 2 nitrogen and oxygen atoms in total. The summed E-state index contributed by atoms with van der Waals surface area (Å²) in [5.74, 6) is 0.833. The molecule has 17 heavy (non-hydrogen) atoms. The first-order valence-corrected chi connectivity index (χ1v) is 7.40. The van der Waals surface area contributed by atoms with E-state index in [1.165, 1.54) is 12.8 Å². The SMILES string of the molecule is CC(CC1CC1)NC(=O)c1cc(Br)cc(Br)c1. The van der Waals surface area contributed by atoms with Crippen LogP contribution in [0.4, 0.5) is 0 Å². The Morgan fingerprint density at radius 2 is 1.94 bits per heavy atom. The van der Waals surface area contributed by atoms with Crippen molar-refractivity contribution in [2.45, 2.75) is 32.2 Å².